The molecule has 0 heterocycles. The van der Waals surface area contributed by atoms with Crippen molar-refractivity contribution in [1.29, 1.82) is 0 Å². The minimum absolute atomic E-state index is 0.131. The van der Waals surface area contributed by atoms with Gasteiger partial charge in [-0.1, -0.05) is 20.8 Å². The number of hydrogen-bond acceptors (Lipinski definition) is 3. The third kappa shape index (κ3) is 7.63. The van der Waals surface area contributed by atoms with Crippen molar-refractivity contribution in [2.45, 2.75) is 46.2 Å². The fourth-order valence-electron chi connectivity index (χ4n) is 1.53. The van der Waals surface area contributed by atoms with Crippen LogP contribution >= 0.6 is 0 Å². The number of rotatable bonds is 8. The molecule has 2 atom stereocenters. The Morgan fingerprint density at radius 1 is 1.44 bits per heavy atom. The summed E-state index contributed by atoms with van der Waals surface area (Å²) in [6, 6.07) is 0. The van der Waals surface area contributed by atoms with Crippen LogP contribution in [0.4, 0.5) is 4.39 Å². The van der Waals surface area contributed by atoms with Crippen LogP contribution in [0.2, 0.25) is 0 Å². The van der Waals surface area contributed by atoms with Crippen LogP contribution in [0.5, 0.6) is 0 Å². The largest absolute Gasteiger partial charge is 0.463 e. The Morgan fingerprint density at radius 3 is 2.50 bits per heavy atom. The van der Waals surface area contributed by atoms with E-state index in [9.17, 15) is 9.18 Å². The second kappa shape index (κ2) is 8.50. The van der Waals surface area contributed by atoms with E-state index in [2.05, 4.69) is 13.8 Å². The Morgan fingerprint density at radius 2 is 2.06 bits per heavy atom. The minimum Gasteiger partial charge on any atom is -0.463 e. The van der Waals surface area contributed by atoms with E-state index in [1.54, 1.807) is 6.92 Å². The Hall–Kier alpha value is -0.640. The van der Waals surface area contributed by atoms with Crippen molar-refractivity contribution in [2.75, 3.05) is 13.2 Å². The van der Waals surface area contributed by atoms with Gasteiger partial charge in [-0.05, 0) is 31.2 Å². The molecule has 1 unspecified atom stereocenters. The lowest BCUT2D eigenvalue weighted by molar-refractivity contribution is -0.146. The summed E-state index contributed by atoms with van der Waals surface area (Å²) < 4.78 is 17.7. The van der Waals surface area contributed by atoms with Gasteiger partial charge in [-0.2, -0.15) is 0 Å². The van der Waals surface area contributed by atoms with Gasteiger partial charge < -0.3 is 10.5 Å². The Labute approximate surface area is 97.5 Å². The van der Waals surface area contributed by atoms with Gasteiger partial charge in [0.2, 0.25) is 0 Å². The molecule has 2 N–H and O–H groups in total. The van der Waals surface area contributed by atoms with Crippen molar-refractivity contribution in [3.63, 3.8) is 0 Å². The first-order chi connectivity index (χ1) is 7.49. The van der Waals surface area contributed by atoms with Gasteiger partial charge in [-0.25, -0.2) is 4.39 Å². The zero-order valence-electron chi connectivity index (χ0n) is 10.5. The highest BCUT2D eigenvalue weighted by Crippen LogP contribution is 2.15. The first-order valence-electron chi connectivity index (χ1n) is 5.99. The summed E-state index contributed by atoms with van der Waals surface area (Å²) in [4.78, 5) is 11.4. The van der Waals surface area contributed by atoms with Crippen LogP contribution in [-0.4, -0.2) is 25.3 Å². The molecular formula is C12H24FNO2. The topological polar surface area (TPSA) is 52.3 Å². The van der Waals surface area contributed by atoms with E-state index < -0.39 is 6.17 Å². The summed E-state index contributed by atoms with van der Waals surface area (Å²) in [5.74, 6) is 0.310. The molecule has 96 valence electrons. The molecule has 0 aliphatic carbocycles. The third-order valence-corrected chi connectivity index (χ3v) is 2.46. The standard InChI is InChI=1S/C12H24FNO2/c1-4-11(13)8-16-12(15)6-10(7-14)5-9(2)3/h9-11H,4-8,14H2,1-3H3/t10-,11?/m0/s1. The molecule has 0 aromatic rings. The smallest absolute Gasteiger partial charge is 0.306 e. The Balaban J connectivity index is 3.82. The maximum absolute atomic E-state index is 12.8. The molecule has 0 aliphatic heterocycles. The summed E-state index contributed by atoms with van der Waals surface area (Å²) in [7, 11) is 0. The summed E-state index contributed by atoms with van der Waals surface area (Å²) in [5, 5.41) is 0. The van der Waals surface area contributed by atoms with Crippen molar-refractivity contribution in [1.82, 2.24) is 0 Å². The SMILES string of the molecule is CCC(F)COC(=O)C[C@@H](CN)CC(C)C. The summed E-state index contributed by atoms with van der Waals surface area (Å²) in [5.41, 5.74) is 5.57. The number of hydrogen-bond donors (Lipinski definition) is 1. The van der Waals surface area contributed by atoms with Gasteiger partial charge >= 0.3 is 5.97 Å². The van der Waals surface area contributed by atoms with E-state index in [1.807, 2.05) is 0 Å². The highest BCUT2D eigenvalue weighted by atomic mass is 19.1. The molecule has 0 bridgehead atoms. The van der Waals surface area contributed by atoms with Gasteiger partial charge in [-0.15, -0.1) is 0 Å². The van der Waals surface area contributed by atoms with Crippen molar-refractivity contribution in [3.8, 4) is 0 Å². The fourth-order valence-corrected chi connectivity index (χ4v) is 1.53. The highest BCUT2D eigenvalue weighted by molar-refractivity contribution is 5.69. The second-order valence-electron chi connectivity index (χ2n) is 4.62. The van der Waals surface area contributed by atoms with Crippen molar-refractivity contribution in [2.24, 2.45) is 17.6 Å². The normalized spacial score (nSPS) is 14.9. The lowest BCUT2D eigenvalue weighted by atomic mass is 9.94. The van der Waals surface area contributed by atoms with Crippen LogP contribution in [0.1, 0.15) is 40.0 Å². The minimum atomic E-state index is -1.05. The molecule has 0 radical (unpaired) electrons. The van der Waals surface area contributed by atoms with Crippen LogP contribution in [0.3, 0.4) is 0 Å². The van der Waals surface area contributed by atoms with Crippen molar-refractivity contribution in [3.05, 3.63) is 0 Å². The van der Waals surface area contributed by atoms with E-state index in [0.717, 1.165) is 6.42 Å². The molecule has 16 heavy (non-hydrogen) atoms. The zero-order valence-corrected chi connectivity index (χ0v) is 10.5. The predicted octanol–water partition coefficient (Wildman–Crippen LogP) is 2.29. The molecule has 0 fully saturated rings. The van der Waals surface area contributed by atoms with E-state index in [0.29, 0.717) is 25.3 Å². The molecule has 0 aromatic carbocycles. The van der Waals surface area contributed by atoms with E-state index in [-0.39, 0.29) is 18.5 Å². The number of carbonyl (C=O) groups excluding carboxylic acids is 1. The number of ether oxygens (including phenoxy) is 1. The molecule has 0 saturated carbocycles. The molecule has 3 nitrogen and oxygen atoms in total. The fraction of sp³-hybridized carbons (Fsp3) is 0.917. The molecule has 0 spiro atoms. The monoisotopic (exact) mass is 233 g/mol. The molecule has 0 rings (SSSR count). The first kappa shape index (κ1) is 15.4. The van der Waals surface area contributed by atoms with Crippen LogP contribution in [0, 0.1) is 11.8 Å². The maximum atomic E-state index is 12.8. The second-order valence-corrected chi connectivity index (χ2v) is 4.62. The van der Waals surface area contributed by atoms with Gasteiger partial charge in [0.1, 0.15) is 12.8 Å². The molecule has 0 aliphatic rings. The summed E-state index contributed by atoms with van der Waals surface area (Å²) in [6.45, 7) is 6.24. The van der Waals surface area contributed by atoms with E-state index >= 15 is 0 Å². The number of alkyl halides is 1. The van der Waals surface area contributed by atoms with Crippen LogP contribution in [0.25, 0.3) is 0 Å². The molecular weight excluding hydrogens is 209 g/mol. The predicted molar refractivity (Wildman–Crippen MR) is 62.8 cm³/mol. The van der Waals surface area contributed by atoms with Gasteiger partial charge in [0.15, 0.2) is 0 Å². The van der Waals surface area contributed by atoms with Crippen molar-refractivity contribution < 1.29 is 13.9 Å². The number of nitrogens with two attached hydrogens (primary N) is 1. The lowest BCUT2D eigenvalue weighted by Crippen LogP contribution is -2.22. The van der Waals surface area contributed by atoms with E-state index in [1.165, 1.54) is 0 Å². The number of esters is 1. The van der Waals surface area contributed by atoms with Gasteiger partial charge in [0.25, 0.3) is 0 Å². The highest BCUT2D eigenvalue weighted by Gasteiger charge is 2.16. The Kier molecular flexibility index (Phi) is 8.16. The molecule has 0 saturated heterocycles. The quantitative estimate of drug-likeness (QED) is 0.654. The van der Waals surface area contributed by atoms with Gasteiger partial charge in [0, 0.05) is 6.42 Å². The Bertz CT molecular complexity index is 197. The molecule has 0 amide bonds. The van der Waals surface area contributed by atoms with Gasteiger partial charge in [-0.3, -0.25) is 4.79 Å². The molecule has 4 heteroatoms. The van der Waals surface area contributed by atoms with Gasteiger partial charge in [0.05, 0.1) is 0 Å². The van der Waals surface area contributed by atoms with Crippen LogP contribution in [-0.2, 0) is 9.53 Å². The van der Waals surface area contributed by atoms with Crippen LogP contribution in [0.15, 0.2) is 0 Å². The third-order valence-electron chi connectivity index (χ3n) is 2.46. The molecule has 0 aromatic heterocycles. The average Bonchev–Trinajstić information content (AvgIpc) is 2.24. The first-order valence-corrected chi connectivity index (χ1v) is 5.99. The average molecular weight is 233 g/mol. The number of halogens is 1. The summed E-state index contributed by atoms with van der Waals surface area (Å²) >= 11 is 0. The number of carbonyl (C=O) groups is 1. The maximum Gasteiger partial charge on any atom is 0.306 e. The zero-order chi connectivity index (χ0) is 12.6. The van der Waals surface area contributed by atoms with Crippen molar-refractivity contribution >= 4 is 5.97 Å². The lowest BCUT2D eigenvalue weighted by Gasteiger charge is -2.16. The van der Waals surface area contributed by atoms with Crippen LogP contribution < -0.4 is 5.73 Å². The van der Waals surface area contributed by atoms with E-state index in [4.69, 9.17) is 10.5 Å². The summed E-state index contributed by atoms with van der Waals surface area (Å²) in [6.07, 6.45) is 0.522.